The molecule has 2 rings (SSSR count). The van der Waals surface area contributed by atoms with Crippen molar-refractivity contribution in [2.75, 3.05) is 12.8 Å². The first-order valence-electron chi connectivity index (χ1n) is 4.64. The molecule has 4 heteroatoms. The largest absolute Gasteiger partial charge is 0.382 e. The molecule has 1 aromatic rings. The van der Waals surface area contributed by atoms with Crippen molar-refractivity contribution in [3.8, 4) is 0 Å². The van der Waals surface area contributed by atoms with E-state index in [0.29, 0.717) is 11.9 Å². The molecule has 13 heavy (non-hydrogen) atoms. The minimum atomic E-state index is 0.401. The molecule has 1 aromatic heterocycles. The SMILES string of the molecule is CC(C)n1nc(N)c2c1CN(C)C2. The number of nitrogen functional groups attached to an aromatic ring is 1. The van der Waals surface area contributed by atoms with E-state index in [1.165, 1.54) is 11.3 Å². The van der Waals surface area contributed by atoms with Gasteiger partial charge in [-0.3, -0.25) is 9.58 Å². The third-order valence-electron chi connectivity index (χ3n) is 2.49. The lowest BCUT2D eigenvalue weighted by Gasteiger charge is -2.11. The summed E-state index contributed by atoms with van der Waals surface area (Å²) < 4.78 is 2.04. The van der Waals surface area contributed by atoms with Gasteiger partial charge in [0.2, 0.25) is 0 Å². The van der Waals surface area contributed by atoms with Gasteiger partial charge < -0.3 is 5.73 Å². The third-order valence-corrected chi connectivity index (χ3v) is 2.49. The molecule has 0 spiro atoms. The summed E-state index contributed by atoms with van der Waals surface area (Å²) in [6.45, 7) is 6.17. The van der Waals surface area contributed by atoms with E-state index in [1.54, 1.807) is 0 Å². The second kappa shape index (κ2) is 2.73. The molecule has 0 atom stereocenters. The van der Waals surface area contributed by atoms with Gasteiger partial charge in [-0.25, -0.2) is 0 Å². The first-order chi connectivity index (χ1) is 6.09. The molecule has 1 aliphatic rings. The number of hydrogen-bond donors (Lipinski definition) is 1. The zero-order valence-electron chi connectivity index (χ0n) is 8.41. The number of hydrogen-bond acceptors (Lipinski definition) is 3. The average molecular weight is 180 g/mol. The van der Waals surface area contributed by atoms with Gasteiger partial charge in [0.25, 0.3) is 0 Å². The van der Waals surface area contributed by atoms with E-state index in [9.17, 15) is 0 Å². The molecule has 1 aliphatic heterocycles. The fraction of sp³-hybridized carbons (Fsp3) is 0.667. The van der Waals surface area contributed by atoms with Crippen LogP contribution >= 0.6 is 0 Å². The van der Waals surface area contributed by atoms with Crippen molar-refractivity contribution in [3.63, 3.8) is 0 Å². The van der Waals surface area contributed by atoms with Crippen molar-refractivity contribution in [1.82, 2.24) is 14.7 Å². The van der Waals surface area contributed by atoms with Gasteiger partial charge >= 0.3 is 0 Å². The van der Waals surface area contributed by atoms with E-state index in [1.807, 2.05) is 4.68 Å². The molecular weight excluding hydrogens is 164 g/mol. The second-order valence-electron chi connectivity index (χ2n) is 4.02. The molecule has 0 fully saturated rings. The number of anilines is 1. The average Bonchev–Trinajstić information content (AvgIpc) is 2.51. The monoisotopic (exact) mass is 180 g/mol. The Hall–Kier alpha value is -1.03. The van der Waals surface area contributed by atoms with Crippen molar-refractivity contribution in [3.05, 3.63) is 11.3 Å². The van der Waals surface area contributed by atoms with Gasteiger partial charge in [-0.05, 0) is 20.9 Å². The predicted molar refractivity (Wildman–Crippen MR) is 52.2 cm³/mol. The number of aromatic nitrogens is 2. The van der Waals surface area contributed by atoms with Gasteiger partial charge in [-0.15, -0.1) is 0 Å². The summed E-state index contributed by atoms with van der Waals surface area (Å²) in [4.78, 5) is 2.25. The Morgan fingerprint density at radius 2 is 2.08 bits per heavy atom. The van der Waals surface area contributed by atoms with E-state index in [4.69, 9.17) is 5.73 Å². The Bertz CT molecular complexity index is 327. The zero-order chi connectivity index (χ0) is 9.59. The summed E-state index contributed by atoms with van der Waals surface area (Å²) in [5.41, 5.74) is 8.34. The number of fused-ring (bicyclic) bond motifs is 1. The smallest absolute Gasteiger partial charge is 0.150 e. The minimum absolute atomic E-state index is 0.401. The maximum atomic E-state index is 5.83. The highest BCUT2D eigenvalue weighted by Gasteiger charge is 2.25. The topological polar surface area (TPSA) is 47.1 Å². The maximum Gasteiger partial charge on any atom is 0.150 e. The van der Waals surface area contributed by atoms with Gasteiger partial charge in [0.05, 0.1) is 5.69 Å². The first kappa shape index (κ1) is 8.56. The van der Waals surface area contributed by atoms with Crippen molar-refractivity contribution in [2.45, 2.75) is 33.0 Å². The lowest BCUT2D eigenvalue weighted by Crippen LogP contribution is -2.14. The Morgan fingerprint density at radius 3 is 2.69 bits per heavy atom. The Morgan fingerprint density at radius 1 is 1.38 bits per heavy atom. The molecule has 0 bridgehead atoms. The Balaban J connectivity index is 2.46. The van der Waals surface area contributed by atoms with Crippen LogP contribution in [0.5, 0.6) is 0 Å². The Labute approximate surface area is 78.3 Å². The van der Waals surface area contributed by atoms with E-state index in [2.05, 4.69) is 30.9 Å². The van der Waals surface area contributed by atoms with Gasteiger partial charge in [0, 0.05) is 24.7 Å². The lowest BCUT2D eigenvalue weighted by atomic mass is 10.2. The molecular formula is C9H16N4. The van der Waals surface area contributed by atoms with Gasteiger partial charge in [0.15, 0.2) is 0 Å². The van der Waals surface area contributed by atoms with Crippen LogP contribution in [0.4, 0.5) is 5.82 Å². The van der Waals surface area contributed by atoms with Crippen molar-refractivity contribution < 1.29 is 0 Å². The highest BCUT2D eigenvalue weighted by Crippen LogP contribution is 2.28. The normalized spacial score (nSPS) is 16.9. The molecule has 0 saturated heterocycles. The van der Waals surface area contributed by atoms with Crippen LogP contribution in [0.25, 0.3) is 0 Å². The molecule has 0 aromatic carbocycles. The molecule has 2 heterocycles. The highest BCUT2D eigenvalue weighted by atomic mass is 15.3. The van der Waals surface area contributed by atoms with Crippen molar-refractivity contribution >= 4 is 5.82 Å². The van der Waals surface area contributed by atoms with Crippen LogP contribution in [0.1, 0.15) is 31.1 Å². The van der Waals surface area contributed by atoms with Crippen LogP contribution in [-0.4, -0.2) is 21.7 Å². The highest BCUT2D eigenvalue weighted by molar-refractivity contribution is 5.44. The molecule has 0 aliphatic carbocycles. The maximum absolute atomic E-state index is 5.83. The molecule has 72 valence electrons. The third kappa shape index (κ3) is 1.21. The second-order valence-corrected chi connectivity index (χ2v) is 4.02. The number of nitrogens with two attached hydrogens (primary N) is 1. The van der Waals surface area contributed by atoms with E-state index < -0.39 is 0 Å². The standard InChI is InChI=1S/C9H16N4/c1-6(2)13-8-5-12(3)4-7(8)9(10)11-13/h6H,4-5H2,1-3H3,(H2,10,11). The molecule has 0 amide bonds. The summed E-state index contributed by atoms with van der Waals surface area (Å²) in [5.74, 6) is 0.702. The van der Waals surface area contributed by atoms with Crippen molar-refractivity contribution in [1.29, 1.82) is 0 Å². The fourth-order valence-electron chi connectivity index (χ4n) is 1.87. The summed E-state index contributed by atoms with van der Waals surface area (Å²) in [6.07, 6.45) is 0. The van der Waals surface area contributed by atoms with Crippen molar-refractivity contribution in [2.24, 2.45) is 0 Å². The van der Waals surface area contributed by atoms with Crippen LogP contribution in [0.3, 0.4) is 0 Å². The van der Waals surface area contributed by atoms with Gasteiger partial charge in [-0.2, -0.15) is 5.10 Å². The van der Waals surface area contributed by atoms with E-state index in [0.717, 1.165) is 13.1 Å². The fourth-order valence-corrected chi connectivity index (χ4v) is 1.87. The quantitative estimate of drug-likeness (QED) is 0.701. The lowest BCUT2D eigenvalue weighted by molar-refractivity contribution is 0.338. The summed E-state index contributed by atoms with van der Waals surface area (Å²) in [5, 5.41) is 4.33. The summed E-state index contributed by atoms with van der Waals surface area (Å²) in [6, 6.07) is 0.401. The molecule has 0 saturated carbocycles. The van der Waals surface area contributed by atoms with Crippen LogP contribution in [0, 0.1) is 0 Å². The van der Waals surface area contributed by atoms with Gasteiger partial charge in [0.1, 0.15) is 5.82 Å². The first-order valence-corrected chi connectivity index (χ1v) is 4.64. The summed E-state index contributed by atoms with van der Waals surface area (Å²) in [7, 11) is 2.10. The van der Waals surface area contributed by atoms with Crippen LogP contribution in [-0.2, 0) is 13.1 Å². The van der Waals surface area contributed by atoms with Crippen LogP contribution in [0.2, 0.25) is 0 Å². The molecule has 0 radical (unpaired) electrons. The minimum Gasteiger partial charge on any atom is -0.382 e. The van der Waals surface area contributed by atoms with E-state index in [-0.39, 0.29) is 0 Å². The zero-order valence-corrected chi connectivity index (χ0v) is 8.41. The Kier molecular flexibility index (Phi) is 1.80. The molecule has 2 N–H and O–H groups in total. The number of rotatable bonds is 1. The van der Waals surface area contributed by atoms with E-state index >= 15 is 0 Å². The molecule has 0 unspecified atom stereocenters. The number of nitrogens with zero attached hydrogens (tertiary/aromatic N) is 3. The van der Waals surface area contributed by atoms with Crippen LogP contribution in [0.15, 0.2) is 0 Å². The van der Waals surface area contributed by atoms with Crippen LogP contribution < -0.4 is 5.73 Å². The summed E-state index contributed by atoms with van der Waals surface area (Å²) >= 11 is 0. The predicted octanol–water partition coefficient (Wildman–Crippen LogP) is 0.992. The molecule has 4 nitrogen and oxygen atoms in total. The van der Waals surface area contributed by atoms with Gasteiger partial charge in [-0.1, -0.05) is 0 Å².